The normalized spacial score (nSPS) is 11.3. The van der Waals surface area contributed by atoms with Crippen LogP contribution >= 0.6 is 0 Å². The first-order valence-corrected chi connectivity index (χ1v) is 8.90. The Bertz CT molecular complexity index is 1020. The number of hydrogen-bond donors (Lipinski definition) is 0. The van der Waals surface area contributed by atoms with E-state index >= 15 is 0 Å². The molecule has 1 heterocycles. The number of hydrogen-bond acceptors (Lipinski definition) is 3. The van der Waals surface area contributed by atoms with Gasteiger partial charge in [-0.3, -0.25) is 0 Å². The highest BCUT2D eigenvalue weighted by molar-refractivity contribution is 5.88. The van der Waals surface area contributed by atoms with Crippen LogP contribution in [0.5, 0.6) is 5.75 Å². The Balaban J connectivity index is 1.46. The molecule has 0 saturated heterocycles. The predicted molar refractivity (Wildman–Crippen MR) is 105 cm³/mol. The fourth-order valence-corrected chi connectivity index (χ4v) is 3.34. The standard InChI is InChI=1S/C22H22N2O2/c1-25-16-22-23-19-11-4-5-12-20(19)24(22)14-7-15-26-21-13-6-9-17-8-2-3-10-18(17)21/h2-6,8-13H,7,14-16H2,1H3. The fourth-order valence-electron chi connectivity index (χ4n) is 3.34. The molecule has 26 heavy (non-hydrogen) atoms. The molecule has 4 heteroatoms. The molecule has 0 amide bonds. The molecule has 3 aromatic carbocycles. The third-order valence-corrected chi connectivity index (χ3v) is 4.54. The number of aromatic nitrogens is 2. The fraction of sp³-hybridized carbons (Fsp3) is 0.227. The largest absolute Gasteiger partial charge is 0.493 e. The molecular weight excluding hydrogens is 324 g/mol. The molecule has 0 atom stereocenters. The van der Waals surface area contributed by atoms with E-state index in [4.69, 9.17) is 9.47 Å². The summed E-state index contributed by atoms with van der Waals surface area (Å²) in [4.78, 5) is 4.68. The van der Waals surface area contributed by atoms with Crippen LogP contribution in [0.1, 0.15) is 12.2 Å². The molecule has 0 fully saturated rings. The zero-order valence-electron chi connectivity index (χ0n) is 14.9. The molecule has 0 unspecified atom stereocenters. The number of imidazole rings is 1. The molecule has 0 N–H and O–H groups in total. The number of methoxy groups -OCH3 is 1. The average molecular weight is 346 g/mol. The van der Waals surface area contributed by atoms with Gasteiger partial charge in [0.05, 0.1) is 17.6 Å². The maximum absolute atomic E-state index is 6.06. The Morgan fingerprint density at radius 1 is 0.923 bits per heavy atom. The summed E-state index contributed by atoms with van der Waals surface area (Å²) < 4.78 is 13.6. The van der Waals surface area contributed by atoms with Crippen LogP contribution in [0.25, 0.3) is 21.8 Å². The van der Waals surface area contributed by atoms with Crippen LogP contribution in [0.3, 0.4) is 0 Å². The highest BCUT2D eigenvalue weighted by atomic mass is 16.5. The van der Waals surface area contributed by atoms with Crippen molar-refractivity contribution in [3.8, 4) is 5.75 Å². The van der Waals surface area contributed by atoms with Gasteiger partial charge in [-0.15, -0.1) is 0 Å². The van der Waals surface area contributed by atoms with E-state index in [-0.39, 0.29) is 0 Å². The van der Waals surface area contributed by atoms with Gasteiger partial charge in [0.15, 0.2) is 0 Å². The van der Waals surface area contributed by atoms with E-state index in [2.05, 4.69) is 33.8 Å². The van der Waals surface area contributed by atoms with Crippen LogP contribution in [-0.4, -0.2) is 23.3 Å². The zero-order valence-corrected chi connectivity index (χ0v) is 14.9. The SMILES string of the molecule is COCc1nc2ccccc2n1CCCOc1cccc2ccccc12. The molecule has 1 aromatic heterocycles. The molecule has 4 rings (SSSR count). The van der Waals surface area contributed by atoms with Crippen molar-refractivity contribution < 1.29 is 9.47 Å². The predicted octanol–water partition coefficient (Wildman–Crippen LogP) is 4.81. The van der Waals surface area contributed by atoms with Crippen molar-refractivity contribution in [2.45, 2.75) is 19.6 Å². The Kier molecular flexibility index (Phi) is 4.84. The van der Waals surface area contributed by atoms with Gasteiger partial charge < -0.3 is 14.0 Å². The minimum Gasteiger partial charge on any atom is -0.493 e. The molecule has 4 nitrogen and oxygen atoms in total. The molecule has 132 valence electrons. The lowest BCUT2D eigenvalue weighted by atomic mass is 10.1. The molecule has 0 aliphatic carbocycles. The first kappa shape index (κ1) is 16.6. The van der Waals surface area contributed by atoms with Crippen molar-refractivity contribution in [2.24, 2.45) is 0 Å². The van der Waals surface area contributed by atoms with Crippen molar-refractivity contribution >= 4 is 21.8 Å². The summed E-state index contributed by atoms with van der Waals surface area (Å²) in [6.07, 6.45) is 0.903. The van der Waals surface area contributed by atoms with Crippen molar-refractivity contribution in [3.63, 3.8) is 0 Å². The summed E-state index contributed by atoms with van der Waals surface area (Å²) in [6, 6.07) is 22.7. The van der Waals surface area contributed by atoms with Crippen molar-refractivity contribution in [3.05, 3.63) is 72.6 Å². The van der Waals surface area contributed by atoms with Crippen molar-refractivity contribution in [1.82, 2.24) is 9.55 Å². The summed E-state index contributed by atoms with van der Waals surface area (Å²) in [5, 5.41) is 2.36. The van der Waals surface area contributed by atoms with E-state index in [1.165, 1.54) is 5.39 Å². The summed E-state index contributed by atoms with van der Waals surface area (Å²) in [5.74, 6) is 1.90. The maximum Gasteiger partial charge on any atom is 0.135 e. The first-order chi connectivity index (χ1) is 12.9. The van der Waals surface area contributed by atoms with Crippen LogP contribution in [-0.2, 0) is 17.9 Å². The highest BCUT2D eigenvalue weighted by Gasteiger charge is 2.10. The van der Waals surface area contributed by atoms with Crippen LogP contribution < -0.4 is 4.74 Å². The molecule has 0 saturated carbocycles. The highest BCUT2D eigenvalue weighted by Crippen LogP contribution is 2.25. The van der Waals surface area contributed by atoms with Crippen LogP contribution in [0.15, 0.2) is 66.7 Å². The molecule has 4 aromatic rings. The van der Waals surface area contributed by atoms with Gasteiger partial charge in [0, 0.05) is 19.0 Å². The Hall–Kier alpha value is -2.85. The smallest absolute Gasteiger partial charge is 0.135 e. The molecule has 0 aliphatic heterocycles. The third-order valence-electron chi connectivity index (χ3n) is 4.54. The van der Waals surface area contributed by atoms with Gasteiger partial charge in [0.25, 0.3) is 0 Å². The average Bonchev–Trinajstić information content (AvgIpc) is 3.03. The van der Waals surface area contributed by atoms with Crippen molar-refractivity contribution in [1.29, 1.82) is 0 Å². The lowest BCUT2D eigenvalue weighted by molar-refractivity contribution is 0.174. The second kappa shape index (κ2) is 7.58. The number of ether oxygens (including phenoxy) is 2. The van der Waals surface area contributed by atoms with Gasteiger partial charge in [0.1, 0.15) is 18.2 Å². The van der Waals surface area contributed by atoms with Gasteiger partial charge in [-0.05, 0) is 30.0 Å². The summed E-state index contributed by atoms with van der Waals surface area (Å²) >= 11 is 0. The third kappa shape index (κ3) is 3.28. The number of aryl methyl sites for hydroxylation is 1. The zero-order chi connectivity index (χ0) is 17.8. The molecule has 0 aliphatic rings. The maximum atomic E-state index is 6.06. The Morgan fingerprint density at radius 2 is 1.73 bits per heavy atom. The quantitative estimate of drug-likeness (QED) is 0.451. The number of fused-ring (bicyclic) bond motifs is 2. The van der Waals surface area contributed by atoms with Gasteiger partial charge in [-0.2, -0.15) is 0 Å². The minimum atomic E-state index is 0.513. The number of rotatable bonds is 7. The van der Waals surface area contributed by atoms with Gasteiger partial charge in [0.2, 0.25) is 0 Å². The topological polar surface area (TPSA) is 36.3 Å². The Labute approximate surface area is 153 Å². The summed E-state index contributed by atoms with van der Waals surface area (Å²) in [7, 11) is 1.70. The van der Waals surface area contributed by atoms with Crippen molar-refractivity contribution in [2.75, 3.05) is 13.7 Å². The second-order valence-electron chi connectivity index (χ2n) is 6.28. The summed E-state index contributed by atoms with van der Waals surface area (Å²) in [6.45, 7) is 2.02. The monoisotopic (exact) mass is 346 g/mol. The molecule has 0 radical (unpaired) electrons. The Morgan fingerprint density at radius 3 is 2.65 bits per heavy atom. The number of para-hydroxylation sites is 2. The number of benzene rings is 3. The number of nitrogens with zero attached hydrogens (tertiary/aromatic N) is 2. The van der Waals surface area contributed by atoms with Crippen LogP contribution in [0.4, 0.5) is 0 Å². The van der Waals surface area contributed by atoms with E-state index < -0.39 is 0 Å². The molecule has 0 bridgehead atoms. The van der Waals surface area contributed by atoms with E-state index in [0.29, 0.717) is 13.2 Å². The minimum absolute atomic E-state index is 0.513. The van der Waals surface area contributed by atoms with Crippen LogP contribution in [0, 0.1) is 0 Å². The van der Waals surface area contributed by atoms with E-state index in [1.54, 1.807) is 7.11 Å². The van der Waals surface area contributed by atoms with E-state index in [1.807, 2.05) is 42.5 Å². The van der Waals surface area contributed by atoms with Gasteiger partial charge in [-0.25, -0.2) is 4.98 Å². The lowest BCUT2D eigenvalue weighted by Gasteiger charge is -2.11. The molecular formula is C22H22N2O2. The van der Waals surface area contributed by atoms with E-state index in [9.17, 15) is 0 Å². The van der Waals surface area contributed by atoms with E-state index in [0.717, 1.165) is 41.0 Å². The second-order valence-corrected chi connectivity index (χ2v) is 6.28. The van der Waals surface area contributed by atoms with Crippen LogP contribution in [0.2, 0.25) is 0 Å². The summed E-state index contributed by atoms with van der Waals surface area (Å²) in [5.41, 5.74) is 2.15. The molecule has 0 spiro atoms. The lowest BCUT2D eigenvalue weighted by Crippen LogP contribution is -2.08. The van der Waals surface area contributed by atoms with Gasteiger partial charge in [-0.1, -0.05) is 48.5 Å². The van der Waals surface area contributed by atoms with Gasteiger partial charge >= 0.3 is 0 Å². The first-order valence-electron chi connectivity index (χ1n) is 8.90.